The fraction of sp³-hybridized carbons (Fsp3) is 0. The molecule has 0 amide bonds. The quantitative estimate of drug-likeness (QED) is 0.157. The average molecular weight is 794 g/mol. The Balaban J connectivity index is 1.11. The normalized spacial score (nSPS) is 11.6. The molecule has 2 aromatic heterocycles. The number of fused-ring (bicyclic) bond motifs is 6. The second kappa shape index (κ2) is 14.5. The number of aromatic nitrogens is 3. The molecule has 0 aliphatic carbocycles. The van der Waals surface area contributed by atoms with Crippen LogP contribution in [0.2, 0.25) is 0 Å². The van der Waals surface area contributed by atoms with Gasteiger partial charge in [-0.1, -0.05) is 200 Å². The van der Waals surface area contributed by atoms with E-state index in [1.165, 1.54) is 74.7 Å². The SMILES string of the molecule is c1ccc(-c2nc(-c3ccccc3-c3c4ccccc4c(-c4ccc(-c5ccccc5)c5ccccc45)c4ccccc34)nc(-c3cccc4c3sc3ccccc34)n2)cc1. The number of benzene rings is 10. The van der Waals surface area contributed by atoms with Gasteiger partial charge in [0.15, 0.2) is 17.5 Å². The van der Waals surface area contributed by atoms with Crippen LogP contribution in [0.5, 0.6) is 0 Å². The zero-order valence-electron chi connectivity index (χ0n) is 33.0. The third-order valence-electron chi connectivity index (χ3n) is 12.0. The van der Waals surface area contributed by atoms with Crippen LogP contribution in [-0.4, -0.2) is 15.0 Å². The first-order chi connectivity index (χ1) is 30.3. The van der Waals surface area contributed by atoms with Gasteiger partial charge in [0.2, 0.25) is 0 Å². The van der Waals surface area contributed by atoms with Crippen LogP contribution in [0.15, 0.2) is 212 Å². The third kappa shape index (κ3) is 5.83. The van der Waals surface area contributed by atoms with Crippen LogP contribution >= 0.6 is 11.3 Å². The van der Waals surface area contributed by atoms with E-state index in [1.54, 1.807) is 11.3 Å². The second-order valence-electron chi connectivity index (χ2n) is 15.4. The first-order valence-corrected chi connectivity index (χ1v) is 21.4. The number of nitrogens with zero attached hydrogens (tertiary/aromatic N) is 3. The van der Waals surface area contributed by atoms with Crippen LogP contribution in [-0.2, 0) is 0 Å². The Bertz CT molecular complexity index is 3590. The van der Waals surface area contributed by atoms with Gasteiger partial charge in [0.05, 0.1) is 0 Å². The van der Waals surface area contributed by atoms with Crippen molar-refractivity contribution >= 4 is 63.8 Å². The molecule has 0 saturated carbocycles. The second-order valence-corrected chi connectivity index (χ2v) is 16.5. The lowest BCUT2D eigenvalue weighted by molar-refractivity contribution is 1.08. The maximum atomic E-state index is 5.38. The lowest BCUT2D eigenvalue weighted by Gasteiger charge is -2.21. The van der Waals surface area contributed by atoms with Crippen molar-refractivity contribution in [3.63, 3.8) is 0 Å². The molecule has 0 unspecified atom stereocenters. The molecule has 0 bridgehead atoms. The molecule has 4 heteroatoms. The molecule has 0 atom stereocenters. The third-order valence-corrected chi connectivity index (χ3v) is 13.2. The van der Waals surface area contributed by atoms with E-state index in [2.05, 4.69) is 194 Å². The average Bonchev–Trinajstić information content (AvgIpc) is 3.72. The molecule has 0 fully saturated rings. The molecule has 61 heavy (non-hydrogen) atoms. The van der Waals surface area contributed by atoms with Crippen LogP contribution < -0.4 is 0 Å². The molecule has 3 nitrogen and oxygen atoms in total. The van der Waals surface area contributed by atoms with Gasteiger partial charge >= 0.3 is 0 Å². The molecule has 0 radical (unpaired) electrons. The summed E-state index contributed by atoms with van der Waals surface area (Å²) in [6, 6.07) is 75.8. The van der Waals surface area contributed by atoms with E-state index in [0.29, 0.717) is 17.5 Å². The van der Waals surface area contributed by atoms with Crippen molar-refractivity contribution in [2.24, 2.45) is 0 Å². The van der Waals surface area contributed by atoms with Crippen molar-refractivity contribution in [1.82, 2.24) is 15.0 Å². The summed E-state index contributed by atoms with van der Waals surface area (Å²) >= 11 is 1.79. The summed E-state index contributed by atoms with van der Waals surface area (Å²) in [6.07, 6.45) is 0. The highest BCUT2D eigenvalue weighted by Gasteiger charge is 2.23. The predicted molar refractivity (Wildman–Crippen MR) is 258 cm³/mol. The molecule has 2 heterocycles. The zero-order chi connectivity index (χ0) is 40.3. The monoisotopic (exact) mass is 793 g/mol. The van der Waals surface area contributed by atoms with Gasteiger partial charge in [-0.3, -0.25) is 0 Å². The Morgan fingerprint density at radius 2 is 0.672 bits per heavy atom. The molecule has 12 aromatic rings. The molecular weight excluding hydrogens is 759 g/mol. The van der Waals surface area contributed by atoms with Crippen LogP contribution in [0.25, 0.3) is 120 Å². The summed E-state index contributed by atoms with van der Waals surface area (Å²) in [6.45, 7) is 0. The van der Waals surface area contributed by atoms with Gasteiger partial charge < -0.3 is 0 Å². The molecule has 0 N–H and O–H groups in total. The maximum absolute atomic E-state index is 5.38. The highest BCUT2D eigenvalue weighted by Crippen LogP contribution is 2.48. The molecule has 0 aliphatic heterocycles. The lowest BCUT2D eigenvalue weighted by atomic mass is 9.83. The van der Waals surface area contributed by atoms with Crippen molar-refractivity contribution in [3.8, 4) is 67.5 Å². The summed E-state index contributed by atoms with van der Waals surface area (Å²) in [4.78, 5) is 15.9. The topological polar surface area (TPSA) is 38.7 Å². The number of rotatable bonds is 6. The molecule has 12 rings (SSSR count). The van der Waals surface area contributed by atoms with Gasteiger partial charge in [-0.25, -0.2) is 15.0 Å². The van der Waals surface area contributed by atoms with E-state index in [1.807, 2.05) is 18.2 Å². The Kier molecular flexibility index (Phi) is 8.36. The Labute approximate surface area is 356 Å². The van der Waals surface area contributed by atoms with Crippen LogP contribution in [0.1, 0.15) is 0 Å². The highest BCUT2D eigenvalue weighted by atomic mass is 32.1. The minimum atomic E-state index is 0.636. The van der Waals surface area contributed by atoms with E-state index in [4.69, 9.17) is 15.0 Å². The summed E-state index contributed by atoms with van der Waals surface area (Å²) in [5, 5.41) is 9.66. The highest BCUT2D eigenvalue weighted by molar-refractivity contribution is 7.26. The Morgan fingerprint density at radius 3 is 1.33 bits per heavy atom. The van der Waals surface area contributed by atoms with Gasteiger partial charge in [-0.05, 0) is 77.8 Å². The van der Waals surface area contributed by atoms with Gasteiger partial charge in [0.25, 0.3) is 0 Å². The van der Waals surface area contributed by atoms with Gasteiger partial charge in [-0.15, -0.1) is 11.3 Å². The molecule has 10 aromatic carbocycles. The van der Waals surface area contributed by atoms with E-state index >= 15 is 0 Å². The molecule has 0 spiro atoms. The maximum Gasteiger partial charge on any atom is 0.165 e. The number of thiophene rings is 1. The summed E-state index contributed by atoms with van der Waals surface area (Å²) in [7, 11) is 0. The smallest absolute Gasteiger partial charge is 0.165 e. The molecular formula is C57H35N3S. The summed E-state index contributed by atoms with van der Waals surface area (Å²) < 4.78 is 2.42. The standard InChI is InChI=1S/C57H35N3S/c1-3-18-36(19-4-1)38-34-35-47(40-23-8-7-22-39(38)40)53-44-27-11-9-25-42(44)52(43-26-10-12-28-45(43)53)46-29-13-14-30-49(46)56-58-55(37-20-5-2-6-21-37)59-57(60-56)50-32-17-31-48-41-24-15-16-33-51(41)61-54(48)50/h1-35H. The number of hydrogen-bond acceptors (Lipinski definition) is 4. The van der Waals surface area contributed by atoms with Gasteiger partial charge in [0.1, 0.15) is 0 Å². The van der Waals surface area contributed by atoms with Crippen molar-refractivity contribution in [3.05, 3.63) is 212 Å². The van der Waals surface area contributed by atoms with Crippen molar-refractivity contribution < 1.29 is 0 Å². The van der Waals surface area contributed by atoms with E-state index in [0.717, 1.165) is 27.8 Å². The van der Waals surface area contributed by atoms with Crippen LogP contribution in [0.3, 0.4) is 0 Å². The van der Waals surface area contributed by atoms with E-state index in [9.17, 15) is 0 Å². The van der Waals surface area contributed by atoms with E-state index in [-0.39, 0.29) is 0 Å². The van der Waals surface area contributed by atoms with Gasteiger partial charge in [0, 0.05) is 36.9 Å². The summed E-state index contributed by atoms with van der Waals surface area (Å²) in [5.74, 6) is 1.94. The molecule has 284 valence electrons. The van der Waals surface area contributed by atoms with Crippen LogP contribution in [0.4, 0.5) is 0 Å². The Morgan fingerprint density at radius 1 is 0.246 bits per heavy atom. The molecule has 0 saturated heterocycles. The fourth-order valence-electron chi connectivity index (χ4n) is 9.25. The van der Waals surface area contributed by atoms with Crippen molar-refractivity contribution in [1.29, 1.82) is 0 Å². The predicted octanol–water partition coefficient (Wildman–Crippen LogP) is 15.7. The first-order valence-electron chi connectivity index (χ1n) is 20.6. The summed E-state index contributed by atoms with van der Waals surface area (Å²) in [5.41, 5.74) is 10.0. The molecule has 0 aliphatic rings. The Hall–Kier alpha value is -7.79. The van der Waals surface area contributed by atoms with Crippen molar-refractivity contribution in [2.75, 3.05) is 0 Å². The van der Waals surface area contributed by atoms with Crippen molar-refractivity contribution in [2.45, 2.75) is 0 Å². The van der Waals surface area contributed by atoms with Crippen LogP contribution in [0, 0.1) is 0 Å². The largest absolute Gasteiger partial charge is 0.208 e. The lowest BCUT2D eigenvalue weighted by Crippen LogP contribution is -2.01. The zero-order valence-corrected chi connectivity index (χ0v) is 33.8. The number of hydrogen-bond donors (Lipinski definition) is 0. The van der Waals surface area contributed by atoms with E-state index < -0.39 is 0 Å². The minimum absolute atomic E-state index is 0.636. The first kappa shape index (κ1) is 35.2. The van der Waals surface area contributed by atoms with Gasteiger partial charge in [-0.2, -0.15) is 0 Å². The fourth-order valence-corrected chi connectivity index (χ4v) is 10.5. The minimum Gasteiger partial charge on any atom is -0.208 e.